The lowest BCUT2D eigenvalue weighted by Crippen LogP contribution is -2.07. The lowest BCUT2D eigenvalue weighted by molar-refractivity contribution is -0.111. The zero-order valence-electron chi connectivity index (χ0n) is 20.8. The van der Waals surface area contributed by atoms with Crippen molar-refractivity contribution in [2.75, 3.05) is 26.6 Å². The van der Waals surface area contributed by atoms with Gasteiger partial charge in [0.1, 0.15) is 17.0 Å². The summed E-state index contributed by atoms with van der Waals surface area (Å²) in [5, 5.41) is 2.84. The molecule has 192 valence electrons. The number of amides is 1. The molecule has 0 aliphatic carbocycles. The van der Waals surface area contributed by atoms with Crippen molar-refractivity contribution in [1.29, 1.82) is 0 Å². The third-order valence-corrected chi connectivity index (χ3v) is 6.25. The summed E-state index contributed by atoms with van der Waals surface area (Å²) in [5.41, 5.74) is 3.33. The molecule has 5 aromatic rings. The van der Waals surface area contributed by atoms with Gasteiger partial charge in [0.15, 0.2) is 17.1 Å². The lowest BCUT2D eigenvalue weighted by Gasteiger charge is -2.12. The van der Waals surface area contributed by atoms with Gasteiger partial charge < -0.3 is 28.4 Å². The van der Waals surface area contributed by atoms with E-state index >= 15 is 0 Å². The number of nitrogens with one attached hydrogen (secondary N) is 1. The third kappa shape index (κ3) is 5.28. The summed E-state index contributed by atoms with van der Waals surface area (Å²) < 4.78 is 29.0. The van der Waals surface area contributed by atoms with E-state index in [4.69, 9.17) is 23.0 Å². The van der Waals surface area contributed by atoms with E-state index in [2.05, 4.69) is 26.2 Å². The van der Waals surface area contributed by atoms with Crippen LogP contribution in [0.25, 0.3) is 40.0 Å². The second kappa shape index (κ2) is 10.9. The van der Waals surface area contributed by atoms with E-state index in [9.17, 15) is 4.79 Å². The number of hydrogen-bond acceptors (Lipinski definition) is 7. The molecule has 1 amide bonds. The number of carbonyl (C=O) groups is 1. The van der Waals surface area contributed by atoms with Crippen molar-refractivity contribution in [3.05, 3.63) is 83.0 Å². The van der Waals surface area contributed by atoms with Crippen LogP contribution < -0.4 is 19.5 Å². The summed E-state index contributed by atoms with van der Waals surface area (Å²) in [5.74, 6) is 2.82. The molecule has 2 aromatic heterocycles. The van der Waals surface area contributed by atoms with Crippen molar-refractivity contribution in [1.82, 2.24) is 4.98 Å². The Morgan fingerprint density at radius 3 is 2.29 bits per heavy atom. The number of aromatic nitrogens is 1. The molecule has 0 spiro atoms. The molecule has 0 saturated carbocycles. The van der Waals surface area contributed by atoms with Gasteiger partial charge in [-0.25, -0.2) is 4.98 Å². The highest BCUT2D eigenvalue weighted by Crippen LogP contribution is 2.41. The number of carbonyl (C=O) groups excluding carboxylic acids is 1. The number of methoxy groups -OCH3 is 3. The second-order valence-electron chi connectivity index (χ2n) is 8.15. The Morgan fingerprint density at radius 2 is 1.61 bits per heavy atom. The summed E-state index contributed by atoms with van der Waals surface area (Å²) >= 11 is 3.42. The molecule has 5 rings (SSSR count). The van der Waals surface area contributed by atoms with Crippen LogP contribution in [-0.4, -0.2) is 32.2 Å². The largest absolute Gasteiger partial charge is 0.493 e. The SMILES string of the molecule is COc1cc(-c2nc3cc(NC(=O)/C=C/c4ccc(-c5ccc(Br)cc5)o4)ccc3o2)cc(OC)c1OC. The summed E-state index contributed by atoms with van der Waals surface area (Å²) in [7, 11) is 4.63. The van der Waals surface area contributed by atoms with Gasteiger partial charge in [-0.05, 0) is 60.7 Å². The molecule has 9 heteroatoms. The number of hydrogen-bond donors (Lipinski definition) is 1. The van der Waals surface area contributed by atoms with Crippen LogP contribution in [0.2, 0.25) is 0 Å². The molecule has 38 heavy (non-hydrogen) atoms. The number of ether oxygens (including phenoxy) is 3. The summed E-state index contributed by atoms with van der Waals surface area (Å²) in [6.45, 7) is 0. The summed E-state index contributed by atoms with van der Waals surface area (Å²) in [4.78, 5) is 17.1. The minimum Gasteiger partial charge on any atom is -0.493 e. The second-order valence-corrected chi connectivity index (χ2v) is 9.06. The maximum absolute atomic E-state index is 12.5. The molecule has 0 saturated heterocycles. The van der Waals surface area contributed by atoms with Gasteiger partial charge >= 0.3 is 0 Å². The molecule has 2 heterocycles. The van der Waals surface area contributed by atoms with Gasteiger partial charge in [-0.3, -0.25) is 4.79 Å². The van der Waals surface area contributed by atoms with Crippen molar-refractivity contribution >= 4 is 44.7 Å². The maximum Gasteiger partial charge on any atom is 0.248 e. The average molecular weight is 575 g/mol. The molecular weight excluding hydrogens is 552 g/mol. The van der Waals surface area contributed by atoms with Crippen molar-refractivity contribution < 1.29 is 27.8 Å². The van der Waals surface area contributed by atoms with E-state index in [-0.39, 0.29) is 5.91 Å². The minimum absolute atomic E-state index is 0.306. The van der Waals surface area contributed by atoms with Crippen molar-refractivity contribution in [3.63, 3.8) is 0 Å². The van der Waals surface area contributed by atoms with E-state index in [0.29, 0.717) is 51.3 Å². The molecule has 8 nitrogen and oxygen atoms in total. The normalized spacial score (nSPS) is 11.2. The fourth-order valence-corrected chi connectivity index (χ4v) is 4.15. The van der Waals surface area contributed by atoms with Crippen LogP contribution in [0.4, 0.5) is 5.69 Å². The van der Waals surface area contributed by atoms with Crippen LogP contribution in [0.1, 0.15) is 5.76 Å². The van der Waals surface area contributed by atoms with Gasteiger partial charge in [0, 0.05) is 27.4 Å². The Balaban J connectivity index is 1.31. The number of rotatable bonds is 8. The van der Waals surface area contributed by atoms with Gasteiger partial charge in [0.25, 0.3) is 0 Å². The first kappa shape index (κ1) is 25.2. The van der Waals surface area contributed by atoms with Gasteiger partial charge in [0.05, 0.1) is 21.3 Å². The molecular formula is C29H23BrN2O6. The van der Waals surface area contributed by atoms with E-state index < -0.39 is 0 Å². The molecule has 0 radical (unpaired) electrons. The highest BCUT2D eigenvalue weighted by molar-refractivity contribution is 9.10. The highest BCUT2D eigenvalue weighted by Gasteiger charge is 2.17. The fraction of sp³-hybridized carbons (Fsp3) is 0.103. The number of halogens is 1. The van der Waals surface area contributed by atoms with Crippen molar-refractivity contribution in [3.8, 4) is 40.0 Å². The van der Waals surface area contributed by atoms with Crippen LogP contribution >= 0.6 is 15.9 Å². The first-order valence-corrected chi connectivity index (χ1v) is 12.3. The van der Waals surface area contributed by atoms with E-state index in [1.165, 1.54) is 6.08 Å². The molecule has 0 aliphatic heterocycles. The van der Waals surface area contributed by atoms with Crippen molar-refractivity contribution in [2.24, 2.45) is 0 Å². The van der Waals surface area contributed by atoms with E-state index in [1.807, 2.05) is 36.4 Å². The zero-order chi connectivity index (χ0) is 26.6. The first-order chi connectivity index (χ1) is 18.5. The topological polar surface area (TPSA) is 96.0 Å². The van der Waals surface area contributed by atoms with Crippen LogP contribution in [0, 0.1) is 0 Å². The Bertz CT molecular complexity index is 1610. The molecule has 1 N–H and O–H groups in total. The monoisotopic (exact) mass is 574 g/mol. The van der Waals surface area contributed by atoms with E-state index in [1.54, 1.807) is 57.7 Å². The molecule has 0 fully saturated rings. The van der Waals surface area contributed by atoms with Crippen molar-refractivity contribution in [2.45, 2.75) is 0 Å². The smallest absolute Gasteiger partial charge is 0.248 e. The van der Waals surface area contributed by atoms with Crippen LogP contribution in [0.3, 0.4) is 0 Å². The van der Waals surface area contributed by atoms with Crippen LogP contribution in [0.15, 0.2) is 86.1 Å². The molecule has 0 atom stereocenters. The third-order valence-electron chi connectivity index (χ3n) is 5.72. The number of fused-ring (bicyclic) bond motifs is 1. The summed E-state index contributed by atoms with van der Waals surface area (Å²) in [6, 6.07) is 20.2. The van der Waals surface area contributed by atoms with Gasteiger partial charge in [-0.2, -0.15) is 0 Å². The number of nitrogens with zero attached hydrogens (tertiary/aromatic N) is 1. The Kier molecular flexibility index (Phi) is 7.19. The fourth-order valence-electron chi connectivity index (χ4n) is 3.89. The quantitative estimate of drug-likeness (QED) is 0.196. The highest BCUT2D eigenvalue weighted by atomic mass is 79.9. The molecule has 0 unspecified atom stereocenters. The molecule has 0 bridgehead atoms. The number of oxazole rings is 1. The first-order valence-electron chi connectivity index (χ1n) is 11.5. The molecule has 3 aromatic carbocycles. The average Bonchev–Trinajstić information content (AvgIpc) is 3.58. The standard InChI is InChI=1S/C29H23BrN2O6/c1-34-25-14-18(15-26(35-2)28(25)36-3)29-32-22-16-20(8-11-24(22)38-29)31-27(33)13-10-21-9-12-23(37-21)17-4-6-19(30)7-5-17/h4-16H,1-3H3,(H,31,33)/b13-10+. The minimum atomic E-state index is -0.306. The predicted octanol–water partition coefficient (Wildman–Crippen LogP) is 7.20. The van der Waals surface area contributed by atoms with Crippen LogP contribution in [-0.2, 0) is 4.79 Å². The van der Waals surface area contributed by atoms with Crippen LogP contribution in [0.5, 0.6) is 17.2 Å². The number of anilines is 1. The van der Waals surface area contributed by atoms with Gasteiger partial charge in [0.2, 0.25) is 17.5 Å². The lowest BCUT2D eigenvalue weighted by atomic mass is 10.2. The van der Waals surface area contributed by atoms with E-state index in [0.717, 1.165) is 15.8 Å². The molecule has 0 aliphatic rings. The van der Waals surface area contributed by atoms with Gasteiger partial charge in [-0.1, -0.05) is 28.1 Å². The number of furan rings is 1. The van der Waals surface area contributed by atoms with Gasteiger partial charge in [-0.15, -0.1) is 0 Å². The Hall–Kier alpha value is -4.50. The number of benzene rings is 3. The Labute approximate surface area is 227 Å². The summed E-state index contributed by atoms with van der Waals surface area (Å²) in [6.07, 6.45) is 3.04. The predicted molar refractivity (Wildman–Crippen MR) is 149 cm³/mol. The maximum atomic E-state index is 12.5. The Morgan fingerprint density at radius 1 is 0.868 bits per heavy atom. The zero-order valence-corrected chi connectivity index (χ0v) is 22.4.